The average Bonchev–Trinajstić information content (AvgIpc) is 3.06. The number of carbonyl (C=O) groups excluding carboxylic acids is 1. The second kappa shape index (κ2) is 5.90. The van der Waals surface area contributed by atoms with Crippen LogP contribution in [-0.4, -0.2) is 49.9 Å². The summed E-state index contributed by atoms with van der Waals surface area (Å²) < 4.78 is 25.9. The van der Waals surface area contributed by atoms with E-state index in [2.05, 4.69) is 4.72 Å². The van der Waals surface area contributed by atoms with E-state index < -0.39 is 16.0 Å². The molecule has 1 aliphatic rings. The number of thiophene rings is 1. The maximum atomic E-state index is 11.9. The summed E-state index contributed by atoms with van der Waals surface area (Å²) in [4.78, 5) is 24.1. The fraction of sp³-hybridized carbons (Fsp3) is 0.455. The molecular weight excluding hydrogens is 304 g/mol. The van der Waals surface area contributed by atoms with Crippen LogP contribution in [0.4, 0.5) is 0 Å². The Hall–Kier alpha value is -1.45. The highest BCUT2D eigenvalue weighted by molar-refractivity contribution is 7.91. The number of nitrogens with zero attached hydrogens (tertiary/aromatic N) is 1. The summed E-state index contributed by atoms with van der Waals surface area (Å²) >= 11 is 0.813. The molecule has 110 valence electrons. The molecule has 0 spiro atoms. The van der Waals surface area contributed by atoms with Crippen LogP contribution >= 0.6 is 11.3 Å². The molecule has 1 aliphatic heterocycles. The normalized spacial score (nSPS) is 15.5. The minimum absolute atomic E-state index is 0.0822. The SMILES string of the molecule is O=C(O)c1csc(S(=O)(=O)NCC(=O)N2CCCC2)c1. The number of hydrogen-bond acceptors (Lipinski definition) is 5. The van der Waals surface area contributed by atoms with Crippen molar-refractivity contribution < 1.29 is 23.1 Å². The van der Waals surface area contributed by atoms with E-state index in [-0.39, 0.29) is 22.2 Å². The Balaban J connectivity index is 1.99. The summed E-state index contributed by atoms with van der Waals surface area (Å²) in [6, 6.07) is 1.08. The van der Waals surface area contributed by atoms with Gasteiger partial charge in [0.1, 0.15) is 4.21 Å². The van der Waals surface area contributed by atoms with Gasteiger partial charge in [-0.2, -0.15) is 0 Å². The molecule has 1 aromatic heterocycles. The molecule has 0 saturated carbocycles. The lowest BCUT2D eigenvalue weighted by Gasteiger charge is -2.15. The topological polar surface area (TPSA) is 104 Å². The summed E-state index contributed by atoms with van der Waals surface area (Å²) in [5.41, 5.74) is -0.0822. The van der Waals surface area contributed by atoms with Crippen molar-refractivity contribution in [1.29, 1.82) is 0 Å². The van der Waals surface area contributed by atoms with Crippen molar-refractivity contribution in [3.8, 4) is 0 Å². The van der Waals surface area contributed by atoms with Gasteiger partial charge in [0.25, 0.3) is 10.0 Å². The van der Waals surface area contributed by atoms with Gasteiger partial charge < -0.3 is 10.0 Å². The number of carbonyl (C=O) groups is 2. The van der Waals surface area contributed by atoms with Crippen LogP contribution in [0.25, 0.3) is 0 Å². The third-order valence-electron chi connectivity index (χ3n) is 2.96. The lowest BCUT2D eigenvalue weighted by atomic mass is 10.4. The number of rotatable bonds is 5. The summed E-state index contributed by atoms with van der Waals surface area (Å²) in [6.07, 6.45) is 1.87. The molecule has 7 nitrogen and oxygen atoms in total. The second-order valence-corrected chi connectivity index (χ2v) is 7.28. The first-order valence-corrected chi connectivity index (χ1v) is 8.36. The molecular formula is C11H14N2O5S2. The van der Waals surface area contributed by atoms with E-state index in [4.69, 9.17) is 5.11 Å². The molecule has 0 bridgehead atoms. The fourth-order valence-corrected chi connectivity index (χ4v) is 4.05. The minimum Gasteiger partial charge on any atom is -0.478 e. The van der Waals surface area contributed by atoms with Gasteiger partial charge in [0.05, 0.1) is 12.1 Å². The Morgan fingerprint density at radius 3 is 2.55 bits per heavy atom. The largest absolute Gasteiger partial charge is 0.478 e. The fourth-order valence-electron chi connectivity index (χ4n) is 1.88. The number of sulfonamides is 1. The molecule has 0 atom stereocenters. The molecule has 2 N–H and O–H groups in total. The van der Waals surface area contributed by atoms with Crippen molar-refractivity contribution in [2.24, 2.45) is 0 Å². The van der Waals surface area contributed by atoms with E-state index in [9.17, 15) is 18.0 Å². The van der Waals surface area contributed by atoms with Gasteiger partial charge in [-0.3, -0.25) is 4.79 Å². The monoisotopic (exact) mass is 318 g/mol. The van der Waals surface area contributed by atoms with Crippen LogP contribution in [-0.2, 0) is 14.8 Å². The highest BCUT2D eigenvalue weighted by Crippen LogP contribution is 2.20. The molecule has 9 heteroatoms. The van der Waals surface area contributed by atoms with Crippen LogP contribution in [0.1, 0.15) is 23.2 Å². The molecule has 1 saturated heterocycles. The van der Waals surface area contributed by atoms with Crippen LogP contribution in [0.15, 0.2) is 15.7 Å². The van der Waals surface area contributed by atoms with Gasteiger partial charge in [-0.15, -0.1) is 11.3 Å². The van der Waals surface area contributed by atoms with Crippen LogP contribution < -0.4 is 4.72 Å². The Morgan fingerprint density at radius 1 is 1.35 bits per heavy atom. The average molecular weight is 318 g/mol. The quantitative estimate of drug-likeness (QED) is 0.815. The third kappa shape index (κ3) is 3.35. The number of carboxylic acid groups (broad SMARTS) is 1. The summed E-state index contributed by atoms with van der Waals surface area (Å²) in [5.74, 6) is -1.45. The van der Waals surface area contributed by atoms with E-state index in [1.165, 1.54) is 5.38 Å². The predicted molar refractivity (Wildman–Crippen MR) is 72.3 cm³/mol. The van der Waals surface area contributed by atoms with Crippen LogP contribution in [0.3, 0.4) is 0 Å². The number of hydrogen-bond donors (Lipinski definition) is 2. The molecule has 0 unspecified atom stereocenters. The summed E-state index contributed by atoms with van der Waals surface area (Å²) in [6.45, 7) is 1.01. The summed E-state index contributed by atoms with van der Waals surface area (Å²) in [5, 5.41) is 10.0. The zero-order chi connectivity index (χ0) is 14.8. The predicted octanol–water partition coefficient (Wildman–Crippen LogP) is 0.347. The van der Waals surface area contributed by atoms with Gasteiger partial charge in [-0.1, -0.05) is 0 Å². The van der Waals surface area contributed by atoms with Gasteiger partial charge in [0.15, 0.2) is 0 Å². The van der Waals surface area contributed by atoms with Crippen molar-refractivity contribution in [3.63, 3.8) is 0 Å². The van der Waals surface area contributed by atoms with E-state index >= 15 is 0 Å². The van der Waals surface area contributed by atoms with Crippen molar-refractivity contribution >= 4 is 33.2 Å². The first kappa shape index (κ1) is 14.9. The molecule has 1 aromatic rings. The Bertz CT molecular complexity index is 617. The van der Waals surface area contributed by atoms with E-state index in [1.54, 1.807) is 4.90 Å². The molecule has 0 aromatic carbocycles. The van der Waals surface area contributed by atoms with E-state index in [1.807, 2.05) is 0 Å². The standard InChI is InChI=1S/C11H14N2O5S2/c14-9(13-3-1-2-4-13)6-12-20(17,18)10-5-8(7-19-10)11(15)16/h5,7,12H,1-4,6H2,(H,15,16). The molecule has 2 heterocycles. The third-order valence-corrected chi connectivity index (χ3v) is 5.80. The van der Waals surface area contributed by atoms with Gasteiger partial charge in [0, 0.05) is 18.5 Å². The van der Waals surface area contributed by atoms with E-state index in [0.717, 1.165) is 30.2 Å². The molecule has 20 heavy (non-hydrogen) atoms. The van der Waals surface area contributed by atoms with Crippen molar-refractivity contribution in [1.82, 2.24) is 9.62 Å². The van der Waals surface area contributed by atoms with Crippen LogP contribution in [0.2, 0.25) is 0 Å². The molecule has 1 fully saturated rings. The summed E-state index contributed by atoms with van der Waals surface area (Å²) in [7, 11) is -3.84. The number of amides is 1. The Labute approximate surface area is 120 Å². The smallest absolute Gasteiger partial charge is 0.336 e. The first-order valence-electron chi connectivity index (χ1n) is 5.99. The number of carboxylic acids is 1. The second-order valence-electron chi connectivity index (χ2n) is 4.37. The maximum absolute atomic E-state index is 11.9. The van der Waals surface area contributed by atoms with Gasteiger partial charge >= 0.3 is 5.97 Å². The lowest BCUT2D eigenvalue weighted by molar-refractivity contribution is -0.128. The minimum atomic E-state index is -3.84. The molecule has 1 amide bonds. The molecule has 0 radical (unpaired) electrons. The number of nitrogens with one attached hydrogen (secondary N) is 1. The zero-order valence-electron chi connectivity index (χ0n) is 10.5. The highest BCUT2D eigenvalue weighted by atomic mass is 32.2. The molecule has 2 rings (SSSR count). The lowest BCUT2D eigenvalue weighted by Crippen LogP contribution is -2.38. The van der Waals surface area contributed by atoms with Crippen LogP contribution in [0.5, 0.6) is 0 Å². The Morgan fingerprint density at radius 2 is 2.00 bits per heavy atom. The molecule has 0 aliphatic carbocycles. The van der Waals surface area contributed by atoms with Gasteiger partial charge in [-0.25, -0.2) is 17.9 Å². The maximum Gasteiger partial charge on any atom is 0.336 e. The zero-order valence-corrected chi connectivity index (χ0v) is 12.2. The van der Waals surface area contributed by atoms with Crippen molar-refractivity contribution in [3.05, 3.63) is 17.0 Å². The van der Waals surface area contributed by atoms with Crippen molar-refractivity contribution in [2.75, 3.05) is 19.6 Å². The highest BCUT2D eigenvalue weighted by Gasteiger charge is 2.22. The van der Waals surface area contributed by atoms with Gasteiger partial charge in [0.2, 0.25) is 5.91 Å². The number of likely N-dealkylation sites (tertiary alicyclic amines) is 1. The van der Waals surface area contributed by atoms with E-state index in [0.29, 0.717) is 13.1 Å². The number of aromatic carboxylic acids is 1. The van der Waals surface area contributed by atoms with Crippen LogP contribution in [0, 0.1) is 0 Å². The van der Waals surface area contributed by atoms with Gasteiger partial charge in [-0.05, 0) is 18.9 Å². The Kier molecular flexibility index (Phi) is 4.41. The van der Waals surface area contributed by atoms with Crippen molar-refractivity contribution in [2.45, 2.75) is 17.1 Å². The first-order chi connectivity index (χ1) is 9.40.